The fourth-order valence-corrected chi connectivity index (χ4v) is 1.34. The first-order valence-electron chi connectivity index (χ1n) is 5.04. The van der Waals surface area contributed by atoms with Gasteiger partial charge < -0.3 is 5.73 Å². The molecule has 1 heterocycles. The molecule has 0 saturated carbocycles. The van der Waals surface area contributed by atoms with E-state index in [1.54, 1.807) is 18.2 Å². The maximum atomic E-state index is 9.04. The average Bonchev–Trinajstić information content (AvgIpc) is 2.82. The third-order valence-corrected chi connectivity index (χ3v) is 2.19. The Morgan fingerprint density at radius 2 is 2.33 bits per heavy atom. The van der Waals surface area contributed by atoms with E-state index in [9.17, 15) is 0 Å². The van der Waals surface area contributed by atoms with Crippen molar-refractivity contribution in [3.05, 3.63) is 42.1 Å². The van der Waals surface area contributed by atoms with Crippen LogP contribution in [0.5, 0.6) is 0 Å². The monoisotopic (exact) mass is 245 g/mol. The second-order valence-corrected chi connectivity index (χ2v) is 3.37. The van der Waals surface area contributed by atoms with E-state index in [1.165, 1.54) is 0 Å². The van der Waals surface area contributed by atoms with Crippen molar-refractivity contribution >= 4 is 23.4 Å². The molecule has 7 heteroatoms. The Bertz CT molecular complexity index is 591. The van der Waals surface area contributed by atoms with Gasteiger partial charge in [-0.1, -0.05) is 24.8 Å². The molecule has 0 fully saturated rings. The number of aliphatic imine (C=N–C) groups is 1. The lowest BCUT2D eigenvalue weighted by molar-refractivity contribution is 0.234. The molecule has 0 bridgehead atoms. The third kappa shape index (κ3) is 2.36. The highest BCUT2D eigenvalue weighted by molar-refractivity contribution is 6.01. The molecule has 0 amide bonds. The predicted octanol–water partition coefficient (Wildman–Crippen LogP) is 1.35. The van der Waals surface area contributed by atoms with Crippen molar-refractivity contribution in [2.75, 3.05) is 5.73 Å². The molecule has 0 aliphatic rings. The second kappa shape index (κ2) is 5.11. The van der Waals surface area contributed by atoms with Gasteiger partial charge >= 0.3 is 0 Å². The Morgan fingerprint density at radius 1 is 1.50 bits per heavy atom. The van der Waals surface area contributed by atoms with Crippen LogP contribution in [0.25, 0.3) is 6.08 Å². The number of amidine groups is 1. The molecule has 0 aliphatic carbocycles. The lowest BCUT2D eigenvalue weighted by Crippen LogP contribution is -2.21. The van der Waals surface area contributed by atoms with Crippen molar-refractivity contribution < 1.29 is 9.84 Å². The summed E-state index contributed by atoms with van der Waals surface area (Å²) in [5, 5.41) is 16.0. The number of aromatic nitrogens is 2. The predicted molar refractivity (Wildman–Crippen MR) is 66.4 cm³/mol. The molecular weight excluding hydrogens is 234 g/mol. The van der Waals surface area contributed by atoms with Crippen LogP contribution in [0.4, 0.5) is 11.5 Å². The molecular formula is C11H11N5O2. The van der Waals surface area contributed by atoms with Crippen LogP contribution in [-0.4, -0.2) is 21.4 Å². The van der Waals surface area contributed by atoms with E-state index in [4.69, 9.17) is 10.9 Å². The SMILES string of the molecule is C=Cc1cccc(N=C(NO)c2nonc2N)c1. The lowest BCUT2D eigenvalue weighted by Gasteiger charge is -2.01. The van der Waals surface area contributed by atoms with E-state index in [1.807, 2.05) is 17.6 Å². The Labute approximate surface area is 103 Å². The first-order chi connectivity index (χ1) is 8.74. The summed E-state index contributed by atoms with van der Waals surface area (Å²) >= 11 is 0. The van der Waals surface area contributed by atoms with Crippen LogP contribution >= 0.6 is 0 Å². The van der Waals surface area contributed by atoms with Crippen molar-refractivity contribution in [3.63, 3.8) is 0 Å². The van der Waals surface area contributed by atoms with E-state index in [2.05, 4.69) is 26.5 Å². The van der Waals surface area contributed by atoms with Gasteiger partial charge in [-0.3, -0.25) is 10.7 Å². The van der Waals surface area contributed by atoms with Gasteiger partial charge in [-0.2, -0.15) is 0 Å². The van der Waals surface area contributed by atoms with Gasteiger partial charge in [-0.05, 0) is 28.0 Å². The zero-order chi connectivity index (χ0) is 13.0. The molecule has 0 unspecified atom stereocenters. The largest absolute Gasteiger partial charge is 0.379 e. The minimum absolute atomic E-state index is 0.0372. The van der Waals surface area contributed by atoms with Crippen molar-refractivity contribution in [3.8, 4) is 0 Å². The minimum Gasteiger partial charge on any atom is -0.379 e. The van der Waals surface area contributed by atoms with Crippen LogP contribution in [0.2, 0.25) is 0 Å². The quantitative estimate of drug-likeness (QED) is 0.428. The van der Waals surface area contributed by atoms with Crippen molar-refractivity contribution in [1.29, 1.82) is 0 Å². The van der Waals surface area contributed by atoms with Gasteiger partial charge in [-0.15, -0.1) is 0 Å². The Hall–Kier alpha value is -2.67. The summed E-state index contributed by atoms with van der Waals surface area (Å²) in [4.78, 5) is 4.15. The van der Waals surface area contributed by atoms with E-state index >= 15 is 0 Å². The van der Waals surface area contributed by atoms with Crippen LogP contribution in [0.1, 0.15) is 11.3 Å². The summed E-state index contributed by atoms with van der Waals surface area (Å²) in [7, 11) is 0. The van der Waals surface area contributed by atoms with E-state index in [0.717, 1.165) is 5.56 Å². The molecule has 92 valence electrons. The lowest BCUT2D eigenvalue weighted by atomic mass is 10.2. The highest BCUT2D eigenvalue weighted by atomic mass is 16.6. The number of nitrogens with zero attached hydrogens (tertiary/aromatic N) is 3. The molecule has 7 nitrogen and oxygen atoms in total. The maximum Gasteiger partial charge on any atom is 0.199 e. The Kier molecular flexibility index (Phi) is 3.35. The zero-order valence-electron chi connectivity index (χ0n) is 9.37. The summed E-state index contributed by atoms with van der Waals surface area (Å²) in [5.41, 5.74) is 9.07. The summed E-state index contributed by atoms with van der Waals surface area (Å²) in [5.74, 6) is 0.0881. The average molecular weight is 245 g/mol. The topological polar surface area (TPSA) is 110 Å². The van der Waals surface area contributed by atoms with Gasteiger partial charge in [0.25, 0.3) is 0 Å². The Balaban J connectivity index is 2.40. The van der Waals surface area contributed by atoms with Gasteiger partial charge in [0.2, 0.25) is 0 Å². The van der Waals surface area contributed by atoms with Crippen molar-refractivity contribution in [2.24, 2.45) is 4.99 Å². The molecule has 0 spiro atoms. The van der Waals surface area contributed by atoms with Gasteiger partial charge in [0.05, 0.1) is 5.69 Å². The van der Waals surface area contributed by atoms with E-state index in [-0.39, 0.29) is 17.3 Å². The van der Waals surface area contributed by atoms with Crippen LogP contribution in [0.15, 0.2) is 40.5 Å². The van der Waals surface area contributed by atoms with Crippen LogP contribution in [-0.2, 0) is 0 Å². The number of hydroxylamine groups is 1. The number of anilines is 1. The van der Waals surface area contributed by atoms with Gasteiger partial charge in [-0.25, -0.2) is 9.62 Å². The van der Waals surface area contributed by atoms with Crippen LogP contribution < -0.4 is 11.2 Å². The van der Waals surface area contributed by atoms with E-state index in [0.29, 0.717) is 5.69 Å². The molecule has 18 heavy (non-hydrogen) atoms. The molecule has 0 atom stereocenters. The highest BCUT2D eigenvalue weighted by Gasteiger charge is 2.13. The van der Waals surface area contributed by atoms with Crippen molar-refractivity contribution in [1.82, 2.24) is 15.8 Å². The smallest absolute Gasteiger partial charge is 0.199 e. The highest BCUT2D eigenvalue weighted by Crippen LogP contribution is 2.16. The van der Waals surface area contributed by atoms with Gasteiger partial charge in [0, 0.05) is 0 Å². The molecule has 4 N–H and O–H groups in total. The Morgan fingerprint density at radius 3 is 2.94 bits per heavy atom. The molecule has 2 aromatic rings. The number of benzene rings is 1. The number of nitrogen functional groups attached to an aromatic ring is 1. The summed E-state index contributed by atoms with van der Waals surface area (Å²) < 4.78 is 4.44. The minimum atomic E-state index is 0.0372. The molecule has 1 aromatic heterocycles. The van der Waals surface area contributed by atoms with Crippen molar-refractivity contribution in [2.45, 2.75) is 0 Å². The normalized spacial score (nSPS) is 11.3. The molecule has 1 aromatic carbocycles. The van der Waals surface area contributed by atoms with Crippen LogP contribution in [0.3, 0.4) is 0 Å². The molecule has 0 aliphatic heterocycles. The first kappa shape index (κ1) is 11.8. The molecule has 2 rings (SSSR count). The summed E-state index contributed by atoms with van der Waals surface area (Å²) in [6.45, 7) is 3.66. The number of hydrogen-bond acceptors (Lipinski definition) is 6. The summed E-state index contributed by atoms with van der Waals surface area (Å²) in [6, 6.07) is 7.24. The third-order valence-electron chi connectivity index (χ3n) is 2.19. The standard InChI is InChI=1S/C11H11N5O2/c1-2-7-4-3-5-8(6-7)13-11(14-17)9-10(12)16-18-15-9/h2-6,17H,1H2,(H2,12,16)(H,13,14). The van der Waals surface area contributed by atoms with Crippen LogP contribution in [0, 0.1) is 0 Å². The first-order valence-corrected chi connectivity index (χ1v) is 5.04. The fraction of sp³-hybridized carbons (Fsp3) is 0. The number of nitrogens with two attached hydrogens (primary N) is 1. The second-order valence-electron chi connectivity index (χ2n) is 3.37. The van der Waals surface area contributed by atoms with Gasteiger partial charge in [0.15, 0.2) is 17.3 Å². The van der Waals surface area contributed by atoms with E-state index < -0.39 is 0 Å². The molecule has 0 saturated heterocycles. The number of rotatable bonds is 3. The number of nitrogens with one attached hydrogen (secondary N) is 1. The molecule has 0 radical (unpaired) electrons. The summed E-state index contributed by atoms with van der Waals surface area (Å²) in [6.07, 6.45) is 1.69. The zero-order valence-corrected chi connectivity index (χ0v) is 9.37. The fourth-order valence-electron chi connectivity index (χ4n) is 1.34. The van der Waals surface area contributed by atoms with Gasteiger partial charge in [0.1, 0.15) is 0 Å². The number of hydrogen-bond donors (Lipinski definition) is 3. The maximum absolute atomic E-state index is 9.04.